The average Bonchev–Trinajstić information content (AvgIpc) is 3.10. The van der Waals surface area contributed by atoms with E-state index < -0.39 is 0 Å². The third-order valence-corrected chi connectivity index (χ3v) is 4.84. The lowest BCUT2D eigenvalue weighted by Crippen LogP contribution is -1.99. The van der Waals surface area contributed by atoms with Gasteiger partial charge < -0.3 is 0 Å². The first kappa shape index (κ1) is 19.6. The van der Waals surface area contributed by atoms with Crippen LogP contribution in [0.5, 0.6) is 0 Å². The molecule has 0 fully saturated rings. The largest absolute Gasteiger partial charge is 0.300 e. The van der Waals surface area contributed by atoms with E-state index in [0.29, 0.717) is 32.2 Å². The van der Waals surface area contributed by atoms with Gasteiger partial charge in [0.1, 0.15) is 5.69 Å². The second-order valence-electron chi connectivity index (χ2n) is 5.39. The van der Waals surface area contributed by atoms with Crippen LogP contribution >= 0.6 is 46.1 Å². The predicted octanol–water partition coefficient (Wildman–Crippen LogP) is 6.51. The van der Waals surface area contributed by atoms with E-state index in [0.717, 1.165) is 0 Å². The lowest BCUT2D eigenvalue weighted by Gasteiger charge is -2.00. The second-order valence-corrected chi connectivity index (χ2v) is 7.48. The minimum Gasteiger partial charge on any atom is -0.300 e. The van der Waals surface area contributed by atoms with Gasteiger partial charge in [0.15, 0.2) is 10.1 Å². The Morgan fingerprint density at radius 3 is 2.28 bits per heavy atom. The highest BCUT2D eigenvalue weighted by molar-refractivity contribution is 7.19. The number of anilines is 2. The molecule has 0 saturated carbocycles. The molecule has 0 aliphatic rings. The number of thiazole rings is 1. The van der Waals surface area contributed by atoms with Crippen LogP contribution in [0.2, 0.25) is 15.6 Å². The van der Waals surface area contributed by atoms with Crippen LogP contribution in [-0.4, -0.2) is 24.9 Å². The molecule has 0 aliphatic carbocycles. The van der Waals surface area contributed by atoms with Crippen LogP contribution < -0.4 is 5.32 Å². The summed E-state index contributed by atoms with van der Waals surface area (Å²) in [4.78, 5) is 20.5. The quantitative estimate of drug-likeness (QED) is 0.338. The Morgan fingerprint density at radius 2 is 1.59 bits per heavy atom. The zero-order valence-electron chi connectivity index (χ0n) is 14.3. The van der Waals surface area contributed by atoms with Crippen molar-refractivity contribution in [2.75, 3.05) is 5.32 Å². The van der Waals surface area contributed by atoms with Gasteiger partial charge in [0.25, 0.3) is 0 Å². The van der Waals surface area contributed by atoms with Gasteiger partial charge in [-0.1, -0.05) is 29.0 Å². The summed E-state index contributed by atoms with van der Waals surface area (Å²) in [5.41, 5.74) is 1.86. The monoisotopic (exact) mass is 462 g/mol. The second kappa shape index (κ2) is 8.75. The van der Waals surface area contributed by atoms with Gasteiger partial charge in [-0.3, -0.25) is 10.3 Å². The number of hydrogen-bond acceptors (Lipinski definition) is 9. The van der Waals surface area contributed by atoms with Crippen molar-refractivity contribution in [3.05, 3.63) is 64.3 Å². The summed E-state index contributed by atoms with van der Waals surface area (Å²) >= 11 is 18.8. The molecule has 0 amide bonds. The summed E-state index contributed by atoms with van der Waals surface area (Å²) in [5, 5.41) is 13.1. The molecule has 0 bridgehead atoms. The molecule has 4 aromatic rings. The molecule has 0 atom stereocenters. The van der Waals surface area contributed by atoms with Gasteiger partial charge in [-0.25, -0.2) is 4.98 Å². The normalized spacial score (nSPS) is 11.1. The summed E-state index contributed by atoms with van der Waals surface area (Å²) in [6, 6.07) is 12.5. The van der Waals surface area contributed by atoms with E-state index in [1.54, 1.807) is 30.5 Å². The topological polar surface area (TPSA) is 101 Å². The standard InChI is InChI=1S/C17H9Cl3N8S/c18-9-4-6-10(7-5-9)27-28-13-12(11-3-1-2-8-21-11)22-17(29-13)26-16-24-14(19)23-15(20)25-16/h1-8H,(H,22,23,24,25,26). The van der Waals surface area contributed by atoms with Gasteiger partial charge in [-0.15, -0.1) is 10.2 Å². The van der Waals surface area contributed by atoms with Crippen molar-refractivity contribution in [1.82, 2.24) is 24.9 Å². The molecule has 3 aromatic heterocycles. The Morgan fingerprint density at radius 1 is 0.828 bits per heavy atom. The lowest BCUT2D eigenvalue weighted by atomic mass is 10.3. The van der Waals surface area contributed by atoms with E-state index in [1.165, 1.54) is 11.3 Å². The van der Waals surface area contributed by atoms with Gasteiger partial charge in [0, 0.05) is 11.2 Å². The Labute approximate surface area is 183 Å². The number of azo groups is 1. The highest BCUT2D eigenvalue weighted by Gasteiger charge is 2.16. The third-order valence-electron chi connectivity index (χ3n) is 3.40. The number of benzene rings is 1. The van der Waals surface area contributed by atoms with Crippen molar-refractivity contribution in [1.29, 1.82) is 0 Å². The van der Waals surface area contributed by atoms with Crippen LogP contribution in [0.15, 0.2) is 58.9 Å². The minimum atomic E-state index is -0.0309. The molecule has 3 heterocycles. The molecular weight excluding hydrogens is 455 g/mol. The van der Waals surface area contributed by atoms with Crippen LogP contribution in [-0.2, 0) is 0 Å². The molecule has 8 nitrogen and oxygen atoms in total. The fourth-order valence-electron chi connectivity index (χ4n) is 2.19. The molecule has 29 heavy (non-hydrogen) atoms. The maximum atomic E-state index is 5.90. The Bertz CT molecular complexity index is 1150. The fourth-order valence-corrected chi connectivity index (χ4v) is 3.47. The molecule has 4 rings (SSSR count). The molecule has 0 spiro atoms. The molecule has 144 valence electrons. The van der Waals surface area contributed by atoms with Crippen molar-refractivity contribution in [2.45, 2.75) is 0 Å². The van der Waals surface area contributed by atoms with E-state index in [2.05, 4.69) is 40.5 Å². The van der Waals surface area contributed by atoms with E-state index >= 15 is 0 Å². The highest BCUT2D eigenvalue weighted by Crippen LogP contribution is 2.39. The Hall–Kier alpha value is -2.72. The number of hydrogen-bond donors (Lipinski definition) is 1. The van der Waals surface area contributed by atoms with Gasteiger partial charge in [0.2, 0.25) is 16.5 Å². The van der Waals surface area contributed by atoms with Gasteiger partial charge in [0.05, 0.1) is 11.4 Å². The zero-order valence-corrected chi connectivity index (χ0v) is 17.4. The molecular formula is C17H9Cl3N8S. The van der Waals surface area contributed by atoms with E-state index in [9.17, 15) is 0 Å². The van der Waals surface area contributed by atoms with Gasteiger partial charge in [-0.05, 0) is 59.6 Å². The van der Waals surface area contributed by atoms with Gasteiger partial charge in [-0.2, -0.15) is 15.0 Å². The van der Waals surface area contributed by atoms with Crippen LogP contribution in [0.25, 0.3) is 11.4 Å². The number of halogens is 3. The predicted molar refractivity (Wildman–Crippen MR) is 114 cm³/mol. The summed E-state index contributed by atoms with van der Waals surface area (Å²) < 4.78 is 0. The average molecular weight is 464 g/mol. The molecule has 0 unspecified atom stereocenters. The Balaban J connectivity index is 1.69. The van der Waals surface area contributed by atoms with Gasteiger partial charge >= 0.3 is 0 Å². The molecule has 1 aromatic carbocycles. The SMILES string of the molecule is Clc1ccc(N=Nc2sc(Nc3nc(Cl)nc(Cl)n3)nc2-c2ccccn2)cc1. The molecule has 0 saturated heterocycles. The first-order chi connectivity index (χ1) is 14.1. The van der Waals surface area contributed by atoms with Crippen LogP contribution in [0.3, 0.4) is 0 Å². The number of aromatic nitrogens is 5. The van der Waals surface area contributed by atoms with Crippen molar-refractivity contribution in [2.24, 2.45) is 10.2 Å². The minimum absolute atomic E-state index is 0.0309. The fraction of sp³-hybridized carbons (Fsp3) is 0. The highest BCUT2D eigenvalue weighted by atomic mass is 35.5. The first-order valence-electron chi connectivity index (χ1n) is 8.00. The van der Waals surface area contributed by atoms with Crippen molar-refractivity contribution < 1.29 is 0 Å². The van der Waals surface area contributed by atoms with Crippen LogP contribution in [0.4, 0.5) is 21.8 Å². The maximum absolute atomic E-state index is 5.90. The lowest BCUT2D eigenvalue weighted by molar-refractivity contribution is 1.05. The molecule has 0 radical (unpaired) electrons. The van der Waals surface area contributed by atoms with Crippen molar-refractivity contribution >= 4 is 67.9 Å². The summed E-state index contributed by atoms with van der Waals surface area (Å²) in [5.74, 6) is 0.164. The summed E-state index contributed by atoms with van der Waals surface area (Å²) in [6.45, 7) is 0. The van der Waals surface area contributed by atoms with E-state index in [-0.39, 0.29) is 16.5 Å². The van der Waals surface area contributed by atoms with Crippen LogP contribution in [0, 0.1) is 0 Å². The van der Waals surface area contributed by atoms with Crippen LogP contribution in [0.1, 0.15) is 0 Å². The molecule has 12 heteroatoms. The first-order valence-corrected chi connectivity index (χ1v) is 9.95. The molecule has 1 N–H and O–H groups in total. The summed E-state index contributed by atoms with van der Waals surface area (Å²) in [6.07, 6.45) is 1.67. The summed E-state index contributed by atoms with van der Waals surface area (Å²) in [7, 11) is 0. The van der Waals surface area contributed by atoms with E-state index in [1.807, 2.05) is 18.2 Å². The van der Waals surface area contributed by atoms with Crippen molar-refractivity contribution in [3.8, 4) is 11.4 Å². The third kappa shape index (κ3) is 5.01. The number of pyridine rings is 1. The Kier molecular flexibility index (Phi) is 5.91. The smallest absolute Gasteiger partial charge is 0.234 e. The number of rotatable bonds is 5. The number of nitrogens with zero attached hydrogens (tertiary/aromatic N) is 7. The number of nitrogens with one attached hydrogen (secondary N) is 1. The van der Waals surface area contributed by atoms with Crippen molar-refractivity contribution in [3.63, 3.8) is 0 Å². The zero-order chi connectivity index (χ0) is 20.2. The maximum Gasteiger partial charge on any atom is 0.234 e. The van der Waals surface area contributed by atoms with E-state index in [4.69, 9.17) is 34.8 Å². The molecule has 0 aliphatic heterocycles.